The highest BCUT2D eigenvalue weighted by atomic mass is 16.5. The summed E-state index contributed by atoms with van der Waals surface area (Å²) in [5.41, 5.74) is 1.01. The largest absolute Gasteiger partial charge is 0.497 e. The number of hydrogen-bond acceptors (Lipinski definition) is 4. The van der Waals surface area contributed by atoms with E-state index in [-0.39, 0.29) is 17.8 Å². The van der Waals surface area contributed by atoms with Gasteiger partial charge in [0.15, 0.2) is 0 Å². The standard InChI is InChI=1S/C21H25NO4/c1-14(2)10-19(23)21(24)22-8-9-26-20(13-22)17-5-4-16-12-18(25-3)7-6-15(16)11-17/h4-7,11-12,14,20H,8-10,13H2,1-3H3/t20-/m1/s1. The van der Waals surface area contributed by atoms with Crippen LogP contribution >= 0.6 is 0 Å². The first-order chi connectivity index (χ1) is 12.5. The number of nitrogens with zero attached hydrogens (tertiary/aromatic N) is 1. The second kappa shape index (κ2) is 7.87. The third-order valence-electron chi connectivity index (χ3n) is 4.63. The van der Waals surface area contributed by atoms with Crippen molar-refractivity contribution in [2.75, 3.05) is 26.8 Å². The summed E-state index contributed by atoms with van der Waals surface area (Å²) in [5, 5.41) is 2.18. The molecule has 3 rings (SSSR count). The normalized spacial score (nSPS) is 17.5. The molecule has 0 aliphatic carbocycles. The predicted octanol–water partition coefficient (Wildman–Crippen LogP) is 3.36. The molecule has 1 heterocycles. The van der Waals surface area contributed by atoms with Gasteiger partial charge in [-0.2, -0.15) is 0 Å². The number of amides is 1. The second-order valence-electron chi connectivity index (χ2n) is 7.10. The molecule has 1 fully saturated rings. The summed E-state index contributed by atoms with van der Waals surface area (Å²) in [6, 6.07) is 12.0. The van der Waals surface area contributed by atoms with Crippen molar-refractivity contribution in [1.82, 2.24) is 4.90 Å². The van der Waals surface area contributed by atoms with E-state index in [1.165, 1.54) is 0 Å². The van der Waals surface area contributed by atoms with Gasteiger partial charge in [0.2, 0.25) is 5.78 Å². The highest BCUT2D eigenvalue weighted by Crippen LogP contribution is 2.28. The number of fused-ring (bicyclic) bond motifs is 1. The number of ether oxygens (including phenoxy) is 2. The molecule has 1 atom stereocenters. The van der Waals surface area contributed by atoms with Gasteiger partial charge >= 0.3 is 0 Å². The van der Waals surface area contributed by atoms with Crippen LogP contribution in [0.15, 0.2) is 36.4 Å². The van der Waals surface area contributed by atoms with Crippen molar-refractivity contribution >= 4 is 22.5 Å². The predicted molar refractivity (Wildman–Crippen MR) is 100 cm³/mol. The Morgan fingerprint density at radius 2 is 1.92 bits per heavy atom. The number of methoxy groups -OCH3 is 1. The molecule has 0 unspecified atom stereocenters. The summed E-state index contributed by atoms with van der Waals surface area (Å²) in [4.78, 5) is 26.1. The lowest BCUT2D eigenvalue weighted by Crippen LogP contribution is -2.45. The van der Waals surface area contributed by atoms with E-state index < -0.39 is 5.91 Å². The van der Waals surface area contributed by atoms with Gasteiger partial charge in [-0.05, 0) is 40.5 Å². The number of hydrogen-bond donors (Lipinski definition) is 0. The van der Waals surface area contributed by atoms with E-state index in [1.807, 2.05) is 44.2 Å². The molecule has 138 valence electrons. The van der Waals surface area contributed by atoms with Gasteiger partial charge in [0.1, 0.15) is 11.9 Å². The maximum atomic E-state index is 12.4. The van der Waals surface area contributed by atoms with E-state index in [2.05, 4.69) is 6.07 Å². The first-order valence-corrected chi connectivity index (χ1v) is 8.99. The molecule has 0 radical (unpaired) electrons. The van der Waals surface area contributed by atoms with Crippen molar-refractivity contribution in [3.63, 3.8) is 0 Å². The average Bonchev–Trinajstić information content (AvgIpc) is 2.66. The van der Waals surface area contributed by atoms with Crippen molar-refractivity contribution in [3.05, 3.63) is 42.0 Å². The molecule has 0 N–H and O–H groups in total. The zero-order valence-electron chi connectivity index (χ0n) is 15.5. The van der Waals surface area contributed by atoms with E-state index in [0.29, 0.717) is 26.1 Å². The van der Waals surface area contributed by atoms with E-state index in [1.54, 1.807) is 12.0 Å². The fourth-order valence-electron chi connectivity index (χ4n) is 3.24. The molecule has 1 aliphatic heterocycles. The van der Waals surface area contributed by atoms with Crippen LogP contribution in [-0.2, 0) is 14.3 Å². The molecule has 5 heteroatoms. The number of morpholine rings is 1. The van der Waals surface area contributed by atoms with Crippen LogP contribution in [0, 0.1) is 5.92 Å². The lowest BCUT2D eigenvalue weighted by atomic mass is 10.0. The highest BCUT2D eigenvalue weighted by molar-refractivity contribution is 6.36. The van der Waals surface area contributed by atoms with Crippen LogP contribution in [0.3, 0.4) is 0 Å². The Bertz CT molecular complexity index is 815. The number of Topliss-reactive ketones (excluding diaryl/α,β-unsaturated/α-hetero) is 1. The monoisotopic (exact) mass is 355 g/mol. The number of ketones is 1. The fraction of sp³-hybridized carbons (Fsp3) is 0.429. The van der Waals surface area contributed by atoms with Gasteiger partial charge < -0.3 is 14.4 Å². The number of carbonyl (C=O) groups excluding carboxylic acids is 2. The summed E-state index contributed by atoms with van der Waals surface area (Å²) in [6.45, 7) is 5.19. The molecule has 26 heavy (non-hydrogen) atoms. The zero-order valence-corrected chi connectivity index (χ0v) is 15.5. The minimum atomic E-state index is -0.391. The number of benzene rings is 2. The minimum absolute atomic E-state index is 0.181. The Balaban J connectivity index is 1.76. The van der Waals surface area contributed by atoms with E-state index in [4.69, 9.17) is 9.47 Å². The fourth-order valence-corrected chi connectivity index (χ4v) is 3.24. The lowest BCUT2D eigenvalue weighted by molar-refractivity contribution is -0.150. The van der Waals surface area contributed by atoms with Crippen LogP contribution in [0.5, 0.6) is 5.75 Å². The molecule has 1 saturated heterocycles. The summed E-state index contributed by atoms with van der Waals surface area (Å²) in [5.74, 6) is 0.296. The third kappa shape index (κ3) is 4.05. The van der Waals surface area contributed by atoms with E-state index >= 15 is 0 Å². The van der Waals surface area contributed by atoms with Crippen LogP contribution in [0.2, 0.25) is 0 Å². The van der Waals surface area contributed by atoms with Crippen LogP contribution in [-0.4, -0.2) is 43.4 Å². The maximum absolute atomic E-state index is 12.4. The number of carbonyl (C=O) groups is 2. The Hall–Kier alpha value is -2.40. The van der Waals surface area contributed by atoms with Gasteiger partial charge in [-0.25, -0.2) is 0 Å². The summed E-state index contributed by atoms with van der Waals surface area (Å²) in [6.07, 6.45) is 0.0737. The lowest BCUT2D eigenvalue weighted by Gasteiger charge is -2.33. The quantitative estimate of drug-likeness (QED) is 0.772. The van der Waals surface area contributed by atoms with Gasteiger partial charge in [0.05, 0.1) is 20.3 Å². The Labute approximate surface area is 153 Å². The van der Waals surface area contributed by atoms with Crippen molar-refractivity contribution in [2.24, 2.45) is 5.92 Å². The Morgan fingerprint density at radius 1 is 1.19 bits per heavy atom. The van der Waals surface area contributed by atoms with Gasteiger partial charge in [-0.1, -0.05) is 32.0 Å². The molecule has 2 aromatic rings. The molecular formula is C21H25NO4. The van der Waals surface area contributed by atoms with Crippen LogP contribution in [0.4, 0.5) is 0 Å². The van der Waals surface area contributed by atoms with E-state index in [9.17, 15) is 9.59 Å². The molecule has 1 amide bonds. The van der Waals surface area contributed by atoms with Crippen molar-refractivity contribution in [3.8, 4) is 5.75 Å². The maximum Gasteiger partial charge on any atom is 0.290 e. The molecule has 0 bridgehead atoms. The van der Waals surface area contributed by atoms with Gasteiger partial charge in [0.25, 0.3) is 5.91 Å². The summed E-state index contributed by atoms with van der Waals surface area (Å²) >= 11 is 0. The van der Waals surface area contributed by atoms with Crippen LogP contribution in [0.1, 0.15) is 31.9 Å². The second-order valence-corrected chi connectivity index (χ2v) is 7.10. The number of rotatable bonds is 5. The smallest absolute Gasteiger partial charge is 0.290 e. The SMILES string of the molecule is COc1ccc2cc([C@H]3CN(C(=O)C(=O)CC(C)C)CCO3)ccc2c1. The van der Waals surface area contributed by atoms with E-state index in [0.717, 1.165) is 22.1 Å². The van der Waals surface area contributed by atoms with Crippen molar-refractivity contribution < 1.29 is 19.1 Å². The Kier molecular flexibility index (Phi) is 5.57. The summed E-state index contributed by atoms with van der Waals surface area (Å²) in [7, 11) is 1.65. The topological polar surface area (TPSA) is 55.8 Å². The molecule has 0 saturated carbocycles. The average molecular weight is 355 g/mol. The minimum Gasteiger partial charge on any atom is -0.497 e. The van der Waals surface area contributed by atoms with Crippen molar-refractivity contribution in [2.45, 2.75) is 26.4 Å². The molecule has 0 spiro atoms. The third-order valence-corrected chi connectivity index (χ3v) is 4.63. The molecule has 2 aromatic carbocycles. The highest BCUT2D eigenvalue weighted by Gasteiger charge is 2.29. The molecule has 5 nitrogen and oxygen atoms in total. The van der Waals surface area contributed by atoms with Gasteiger partial charge in [-0.15, -0.1) is 0 Å². The molecule has 1 aliphatic rings. The summed E-state index contributed by atoms with van der Waals surface area (Å²) < 4.78 is 11.1. The van der Waals surface area contributed by atoms with Crippen molar-refractivity contribution in [1.29, 1.82) is 0 Å². The van der Waals surface area contributed by atoms with Crippen LogP contribution in [0.25, 0.3) is 10.8 Å². The van der Waals surface area contributed by atoms with Gasteiger partial charge in [0, 0.05) is 13.0 Å². The molecule has 0 aromatic heterocycles. The molecular weight excluding hydrogens is 330 g/mol. The first-order valence-electron chi connectivity index (χ1n) is 8.99. The Morgan fingerprint density at radius 3 is 2.65 bits per heavy atom. The first kappa shape index (κ1) is 18.4. The zero-order chi connectivity index (χ0) is 18.7. The van der Waals surface area contributed by atoms with Gasteiger partial charge in [-0.3, -0.25) is 9.59 Å². The van der Waals surface area contributed by atoms with Crippen LogP contribution < -0.4 is 4.74 Å².